The van der Waals surface area contributed by atoms with Gasteiger partial charge in [-0.3, -0.25) is 10.00 Å². The maximum atomic E-state index is 4.78. The molecule has 0 unspecified atom stereocenters. The first kappa shape index (κ1) is 15.6. The highest BCUT2D eigenvalue weighted by Gasteiger charge is 2.20. The van der Waals surface area contributed by atoms with Crippen molar-refractivity contribution in [2.24, 2.45) is 0 Å². The number of nitrogens with one attached hydrogen (secondary N) is 1. The second-order valence-electron chi connectivity index (χ2n) is 6.46. The van der Waals surface area contributed by atoms with Gasteiger partial charge in [-0.2, -0.15) is 5.10 Å². The van der Waals surface area contributed by atoms with E-state index in [-0.39, 0.29) is 0 Å². The molecule has 2 aromatic heterocycles. The van der Waals surface area contributed by atoms with Crippen molar-refractivity contribution in [3.8, 4) is 0 Å². The molecule has 5 nitrogen and oxygen atoms in total. The third-order valence-electron chi connectivity index (χ3n) is 4.88. The van der Waals surface area contributed by atoms with Crippen molar-refractivity contribution < 1.29 is 0 Å². The molecule has 3 heterocycles. The molecule has 1 fully saturated rings. The van der Waals surface area contributed by atoms with Crippen LogP contribution in [-0.2, 0) is 6.42 Å². The second kappa shape index (κ2) is 6.53. The van der Waals surface area contributed by atoms with E-state index >= 15 is 0 Å². The van der Waals surface area contributed by atoms with Crippen LogP contribution in [0.4, 0.5) is 5.13 Å². The molecule has 4 rings (SSSR count). The Kier molecular flexibility index (Phi) is 4.24. The fourth-order valence-corrected chi connectivity index (χ4v) is 4.39. The molecule has 3 aromatic rings. The van der Waals surface area contributed by atoms with Gasteiger partial charge in [0.2, 0.25) is 0 Å². The summed E-state index contributed by atoms with van der Waals surface area (Å²) in [6.07, 6.45) is 1.08. The zero-order chi connectivity index (χ0) is 16.5. The van der Waals surface area contributed by atoms with E-state index in [1.165, 1.54) is 16.0 Å². The molecule has 0 bridgehead atoms. The van der Waals surface area contributed by atoms with E-state index in [1.54, 1.807) is 11.3 Å². The molecule has 1 N–H and O–H groups in total. The minimum Gasteiger partial charge on any atom is -0.345 e. The Labute approximate surface area is 146 Å². The molecule has 1 saturated heterocycles. The predicted octanol–water partition coefficient (Wildman–Crippen LogP) is 3.00. The standard InChI is InChI=1S/C18H23N5S/c1-13-15(14(2)21-20-13)7-8-22-9-11-23(12-10-22)18-19-16-5-3-4-6-17(16)24-18/h3-6H,7-12H2,1-2H3,(H,20,21). The SMILES string of the molecule is Cc1n[nH]c(C)c1CCN1CCN(c2nc3ccccc3s2)CC1. The van der Waals surface area contributed by atoms with E-state index in [2.05, 4.69) is 58.1 Å². The van der Waals surface area contributed by atoms with Gasteiger partial charge < -0.3 is 4.90 Å². The largest absolute Gasteiger partial charge is 0.345 e. The van der Waals surface area contributed by atoms with Crippen LogP contribution in [0.5, 0.6) is 0 Å². The average molecular weight is 341 g/mol. The van der Waals surface area contributed by atoms with E-state index in [0.29, 0.717) is 0 Å². The van der Waals surface area contributed by atoms with E-state index in [1.807, 2.05) is 0 Å². The average Bonchev–Trinajstić information content (AvgIpc) is 3.17. The Morgan fingerprint density at radius 3 is 2.62 bits per heavy atom. The van der Waals surface area contributed by atoms with E-state index in [0.717, 1.165) is 55.5 Å². The number of benzene rings is 1. The van der Waals surface area contributed by atoms with Gasteiger partial charge in [0.05, 0.1) is 15.9 Å². The highest BCUT2D eigenvalue weighted by Crippen LogP contribution is 2.29. The Morgan fingerprint density at radius 2 is 1.92 bits per heavy atom. The van der Waals surface area contributed by atoms with Crippen LogP contribution in [0, 0.1) is 13.8 Å². The number of H-pyrrole nitrogens is 1. The van der Waals surface area contributed by atoms with Crippen LogP contribution >= 0.6 is 11.3 Å². The first-order valence-electron chi connectivity index (χ1n) is 8.54. The lowest BCUT2D eigenvalue weighted by Crippen LogP contribution is -2.47. The summed E-state index contributed by atoms with van der Waals surface area (Å²) in [5, 5.41) is 8.54. The Bertz CT molecular complexity index is 776. The molecule has 126 valence electrons. The van der Waals surface area contributed by atoms with Gasteiger partial charge >= 0.3 is 0 Å². The smallest absolute Gasteiger partial charge is 0.186 e. The highest BCUT2D eigenvalue weighted by molar-refractivity contribution is 7.22. The summed E-state index contributed by atoms with van der Waals surface area (Å²) >= 11 is 1.80. The molecular formula is C18H23N5S. The minimum atomic E-state index is 1.06. The Morgan fingerprint density at radius 1 is 1.12 bits per heavy atom. The molecule has 1 aromatic carbocycles. The summed E-state index contributed by atoms with van der Waals surface area (Å²) in [5.41, 5.74) is 4.84. The van der Waals surface area contributed by atoms with Gasteiger partial charge in [0, 0.05) is 38.4 Å². The van der Waals surface area contributed by atoms with Gasteiger partial charge in [-0.15, -0.1) is 0 Å². The summed E-state index contributed by atoms with van der Waals surface area (Å²) in [5.74, 6) is 0. The number of fused-ring (bicyclic) bond motifs is 1. The van der Waals surface area contributed by atoms with Crippen LogP contribution in [0.3, 0.4) is 0 Å². The number of hydrogen-bond donors (Lipinski definition) is 1. The van der Waals surface area contributed by atoms with Crippen LogP contribution < -0.4 is 4.90 Å². The monoisotopic (exact) mass is 341 g/mol. The van der Waals surface area contributed by atoms with Gasteiger partial charge in [0.1, 0.15) is 0 Å². The molecule has 0 radical (unpaired) electrons. The fourth-order valence-electron chi connectivity index (χ4n) is 3.37. The van der Waals surface area contributed by atoms with Crippen molar-refractivity contribution in [2.75, 3.05) is 37.6 Å². The first-order valence-corrected chi connectivity index (χ1v) is 9.35. The molecule has 1 aliphatic heterocycles. The van der Waals surface area contributed by atoms with Crippen LogP contribution in [-0.4, -0.2) is 52.8 Å². The number of thiazole rings is 1. The molecule has 0 aliphatic carbocycles. The van der Waals surface area contributed by atoms with Crippen LogP contribution in [0.2, 0.25) is 0 Å². The number of aryl methyl sites for hydroxylation is 2. The Balaban J connectivity index is 1.35. The quantitative estimate of drug-likeness (QED) is 0.792. The van der Waals surface area contributed by atoms with E-state index in [9.17, 15) is 0 Å². The number of aromatic nitrogens is 3. The number of anilines is 1. The van der Waals surface area contributed by atoms with Crippen LogP contribution in [0.15, 0.2) is 24.3 Å². The first-order chi connectivity index (χ1) is 11.7. The molecule has 0 amide bonds. The van der Waals surface area contributed by atoms with Crippen molar-refractivity contribution in [3.05, 3.63) is 41.2 Å². The summed E-state index contributed by atoms with van der Waals surface area (Å²) in [7, 11) is 0. The van der Waals surface area contributed by atoms with E-state index in [4.69, 9.17) is 4.98 Å². The zero-order valence-corrected chi connectivity index (χ0v) is 15.1. The van der Waals surface area contributed by atoms with Crippen molar-refractivity contribution in [1.29, 1.82) is 0 Å². The molecule has 0 spiro atoms. The minimum absolute atomic E-state index is 1.06. The molecule has 0 atom stereocenters. The van der Waals surface area contributed by atoms with Gasteiger partial charge in [-0.1, -0.05) is 23.5 Å². The molecule has 24 heavy (non-hydrogen) atoms. The van der Waals surface area contributed by atoms with Gasteiger partial charge in [0.15, 0.2) is 5.13 Å². The van der Waals surface area contributed by atoms with Gasteiger partial charge in [-0.25, -0.2) is 4.98 Å². The number of hydrogen-bond acceptors (Lipinski definition) is 5. The molecular weight excluding hydrogens is 318 g/mol. The zero-order valence-electron chi connectivity index (χ0n) is 14.2. The summed E-state index contributed by atoms with van der Waals surface area (Å²) in [4.78, 5) is 9.76. The van der Waals surface area contributed by atoms with Crippen LogP contribution in [0.1, 0.15) is 17.0 Å². The van der Waals surface area contributed by atoms with E-state index < -0.39 is 0 Å². The maximum Gasteiger partial charge on any atom is 0.186 e. The second-order valence-corrected chi connectivity index (χ2v) is 7.46. The topological polar surface area (TPSA) is 48.1 Å². The van der Waals surface area contributed by atoms with Crippen molar-refractivity contribution in [3.63, 3.8) is 0 Å². The lowest BCUT2D eigenvalue weighted by Gasteiger charge is -2.34. The molecule has 1 aliphatic rings. The van der Waals surface area contributed by atoms with Gasteiger partial charge in [0.25, 0.3) is 0 Å². The summed E-state index contributed by atoms with van der Waals surface area (Å²) in [6.45, 7) is 9.63. The number of para-hydroxylation sites is 1. The number of aromatic amines is 1. The van der Waals surface area contributed by atoms with Crippen molar-refractivity contribution in [1.82, 2.24) is 20.1 Å². The van der Waals surface area contributed by atoms with Crippen LogP contribution in [0.25, 0.3) is 10.2 Å². The molecule has 6 heteroatoms. The number of rotatable bonds is 4. The lowest BCUT2D eigenvalue weighted by molar-refractivity contribution is 0.260. The maximum absolute atomic E-state index is 4.78. The van der Waals surface area contributed by atoms with Crippen molar-refractivity contribution in [2.45, 2.75) is 20.3 Å². The summed E-state index contributed by atoms with van der Waals surface area (Å²) < 4.78 is 1.28. The lowest BCUT2D eigenvalue weighted by atomic mass is 10.1. The number of piperazine rings is 1. The highest BCUT2D eigenvalue weighted by atomic mass is 32.1. The summed E-state index contributed by atoms with van der Waals surface area (Å²) in [6, 6.07) is 8.40. The number of nitrogens with zero attached hydrogens (tertiary/aromatic N) is 4. The fraction of sp³-hybridized carbons (Fsp3) is 0.444. The van der Waals surface area contributed by atoms with Gasteiger partial charge in [-0.05, 0) is 38.0 Å². The predicted molar refractivity (Wildman–Crippen MR) is 100 cm³/mol. The third kappa shape index (κ3) is 3.03. The third-order valence-corrected chi connectivity index (χ3v) is 5.98. The Hall–Kier alpha value is -1.92. The normalized spacial score (nSPS) is 16.2. The van der Waals surface area contributed by atoms with Crippen molar-refractivity contribution >= 4 is 26.7 Å². The molecule has 0 saturated carbocycles.